The van der Waals surface area contributed by atoms with Gasteiger partial charge in [-0.1, -0.05) is 67.0 Å². The van der Waals surface area contributed by atoms with E-state index >= 15 is 0 Å². The molecule has 33 heavy (non-hydrogen) atoms. The van der Waals surface area contributed by atoms with Crippen molar-refractivity contribution in [2.45, 2.75) is 113 Å². The van der Waals surface area contributed by atoms with Gasteiger partial charge in [0.2, 0.25) is 0 Å². The molecule has 2 heteroatoms. The van der Waals surface area contributed by atoms with Crippen molar-refractivity contribution in [2.24, 2.45) is 57.2 Å². The molecular weight excluding hydrogens is 404 g/mol. The predicted molar refractivity (Wildman–Crippen MR) is 138 cm³/mol. The van der Waals surface area contributed by atoms with Crippen LogP contribution in [0.1, 0.15) is 113 Å². The molecule has 0 heterocycles. The number of carbonyl (C=O) groups is 1. The highest BCUT2D eigenvalue weighted by Gasteiger charge is 2.65. The molecule has 188 valence electrons. The first kappa shape index (κ1) is 25.3. The van der Waals surface area contributed by atoms with Gasteiger partial charge in [-0.15, -0.1) is 0 Å². The number of fused-ring (bicyclic) bond motifs is 5. The molecule has 0 aromatic carbocycles. The highest BCUT2D eigenvalue weighted by atomic mass is 16.5. The first-order valence-corrected chi connectivity index (χ1v) is 14.1. The van der Waals surface area contributed by atoms with Gasteiger partial charge in [-0.3, -0.25) is 4.79 Å². The maximum Gasteiger partial charge on any atom is 0.305 e. The van der Waals surface area contributed by atoms with E-state index in [-0.39, 0.29) is 11.4 Å². The van der Waals surface area contributed by atoms with Crippen molar-refractivity contribution in [3.63, 3.8) is 0 Å². The van der Waals surface area contributed by atoms with Crippen molar-refractivity contribution in [1.29, 1.82) is 0 Å². The van der Waals surface area contributed by atoms with Crippen LogP contribution >= 0.6 is 0 Å². The summed E-state index contributed by atoms with van der Waals surface area (Å²) in [6.45, 7) is 20.4. The quantitative estimate of drug-likeness (QED) is 0.313. The maximum atomic E-state index is 12.2. The maximum absolute atomic E-state index is 12.2. The highest BCUT2D eigenvalue weighted by Crippen LogP contribution is 2.74. The molecule has 0 saturated heterocycles. The van der Waals surface area contributed by atoms with E-state index < -0.39 is 0 Å². The number of methoxy groups -OCH3 is 1. The minimum Gasteiger partial charge on any atom is -0.469 e. The monoisotopic (exact) mass is 456 g/mol. The van der Waals surface area contributed by atoms with E-state index in [1.165, 1.54) is 52.1 Å². The second-order valence-electron chi connectivity index (χ2n) is 14.2. The molecule has 3 fully saturated rings. The van der Waals surface area contributed by atoms with Gasteiger partial charge in [0.15, 0.2) is 0 Å². The Morgan fingerprint density at radius 3 is 2.39 bits per heavy atom. The Bertz CT molecular complexity index is 797. The van der Waals surface area contributed by atoms with Crippen LogP contribution in [0, 0.1) is 57.2 Å². The lowest BCUT2D eigenvalue weighted by molar-refractivity contribution is -0.161. The molecule has 2 nitrogen and oxygen atoms in total. The fraction of sp³-hybridized carbons (Fsp3) is 0.903. The van der Waals surface area contributed by atoms with E-state index in [2.05, 4.69) is 61.5 Å². The second-order valence-corrected chi connectivity index (χ2v) is 14.2. The number of carbonyl (C=O) groups excluding carboxylic acids is 1. The van der Waals surface area contributed by atoms with Gasteiger partial charge in [-0.2, -0.15) is 0 Å². The molecule has 4 aliphatic rings. The van der Waals surface area contributed by atoms with Gasteiger partial charge in [-0.05, 0) is 109 Å². The number of hydrogen-bond acceptors (Lipinski definition) is 2. The van der Waals surface area contributed by atoms with Crippen LogP contribution in [0.4, 0.5) is 0 Å². The molecule has 3 saturated carbocycles. The number of ether oxygens (including phenoxy) is 1. The van der Waals surface area contributed by atoms with E-state index in [1.54, 1.807) is 0 Å². The molecule has 4 aliphatic carbocycles. The zero-order chi connectivity index (χ0) is 24.4. The summed E-state index contributed by atoms with van der Waals surface area (Å²) in [5, 5.41) is 0. The van der Waals surface area contributed by atoms with Crippen LogP contribution in [-0.4, -0.2) is 13.1 Å². The third-order valence-corrected chi connectivity index (χ3v) is 12.6. The molecule has 0 aromatic rings. The average molecular weight is 457 g/mol. The first-order chi connectivity index (χ1) is 15.3. The molecule has 0 aromatic heterocycles. The summed E-state index contributed by atoms with van der Waals surface area (Å²) >= 11 is 0. The van der Waals surface area contributed by atoms with Crippen LogP contribution < -0.4 is 0 Å². The topological polar surface area (TPSA) is 26.3 Å². The van der Waals surface area contributed by atoms with Crippen LogP contribution in [0.15, 0.2) is 11.6 Å². The molecule has 0 radical (unpaired) electrons. The second kappa shape index (κ2) is 8.41. The molecular formula is C31H52O2. The van der Waals surface area contributed by atoms with Crippen LogP contribution in [0.5, 0.6) is 0 Å². The fourth-order valence-electron chi connectivity index (χ4n) is 10.2. The highest BCUT2D eigenvalue weighted by molar-refractivity contribution is 5.69. The van der Waals surface area contributed by atoms with Crippen LogP contribution in [0.3, 0.4) is 0 Å². The molecule has 9 atom stereocenters. The van der Waals surface area contributed by atoms with Crippen molar-refractivity contribution >= 4 is 5.97 Å². The summed E-state index contributed by atoms with van der Waals surface area (Å²) in [6.07, 6.45) is 13.7. The number of rotatable bonds is 4. The summed E-state index contributed by atoms with van der Waals surface area (Å²) in [5.41, 5.74) is 3.12. The zero-order valence-electron chi connectivity index (χ0n) is 23.2. The number of hydrogen-bond donors (Lipinski definition) is 0. The van der Waals surface area contributed by atoms with Gasteiger partial charge in [0, 0.05) is 6.42 Å². The Hall–Kier alpha value is -0.790. The van der Waals surface area contributed by atoms with Crippen molar-refractivity contribution < 1.29 is 9.53 Å². The van der Waals surface area contributed by atoms with Gasteiger partial charge in [0.1, 0.15) is 0 Å². The van der Waals surface area contributed by atoms with Crippen LogP contribution in [0.25, 0.3) is 0 Å². The van der Waals surface area contributed by atoms with Gasteiger partial charge in [0.05, 0.1) is 7.11 Å². The van der Waals surface area contributed by atoms with E-state index in [0.29, 0.717) is 40.4 Å². The smallest absolute Gasteiger partial charge is 0.305 e. The Balaban J connectivity index is 1.77. The van der Waals surface area contributed by atoms with Gasteiger partial charge in [-0.25, -0.2) is 0 Å². The molecule has 0 bridgehead atoms. The zero-order valence-corrected chi connectivity index (χ0v) is 23.2. The van der Waals surface area contributed by atoms with Crippen molar-refractivity contribution in [3.05, 3.63) is 11.6 Å². The van der Waals surface area contributed by atoms with E-state index in [4.69, 9.17) is 4.74 Å². The normalized spacial score (nSPS) is 49.5. The summed E-state index contributed by atoms with van der Waals surface area (Å²) in [6, 6.07) is 0. The number of allylic oxidation sites excluding steroid dienone is 2. The van der Waals surface area contributed by atoms with Crippen molar-refractivity contribution in [2.75, 3.05) is 7.11 Å². The summed E-state index contributed by atoms with van der Waals surface area (Å²) < 4.78 is 5.09. The Kier molecular flexibility index (Phi) is 6.45. The third kappa shape index (κ3) is 3.58. The van der Waals surface area contributed by atoms with E-state index in [0.717, 1.165) is 24.2 Å². The standard InChI is InChI=1S/C31H52O2/c1-20(2)23-13-17-31(8)25(29(23,6)16-14-26(32)33-9)11-10-24-27-22(4)21(3)12-15-28(27,5)18-19-30(24,31)7/h10,20-23,25,27H,11-19H2,1-9H3/t21-,22+,23+,25+,27+,28-,29+,30-,31-/m1/s1. The molecule has 0 unspecified atom stereocenters. The van der Waals surface area contributed by atoms with Crippen LogP contribution in [0.2, 0.25) is 0 Å². The van der Waals surface area contributed by atoms with E-state index in [9.17, 15) is 4.79 Å². The summed E-state index contributed by atoms with van der Waals surface area (Å²) in [5.74, 6) is 4.31. The van der Waals surface area contributed by atoms with Gasteiger partial charge >= 0.3 is 5.97 Å². The Labute approximate surface area is 204 Å². The third-order valence-electron chi connectivity index (χ3n) is 12.6. The lowest BCUT2D eigenvalue weighted by atomic mass is 9.35. The largest absolute Gasteiger partial charge is 0.469 e. The summed E-state index contributed by atoms with van der Waals surface area (Å²) in [4.78, 5) is 12.2. The lowest BCUT2D eigenvalue weighted by Crippen LogP contribution is -2.61. The van der Waals surface area contributed by atoms with Crippen molar-refractivity contribution in [1.82, 2.24) is 0 Å². The minimum atomic E-state index is -0.0392. The average Bonchev–Trinajstić information content (AvgIpc) is 2.76. The summed E-state index contributed by atoms with van der Waals surface area (Å²) in [7, 11) is 1.54. The molecule has 0 N–H and O–H groups in total. The lowest BCUT2D eigenvalue weighted by Gasteiger charge is -2.69. The number of esters is 1. The molecule has 0 amide bonds. The molecule has 0 aliphatic heterocycles. The molecule has 4 rings (SSSR count). The van der Waals surface area contributed by atoms with Gasteiger partial charge in [0.25, 0.3) is 0 Å². The molecule has 0 spiro atoms. The van der Waals surface area contributed by atoms with E-state index in [1.807, 2.05) is 5.57 Å². The SMILES string of the molecule is COC(=O)CC[C@@]1(C)[C@H](C(C)C)CC[C@]2(C)[C@H]1CC=C1[C@@H]3[C@@H](C)[C@H](C)CC[C@]3(C)CC[C@]12C. The van der Waals surface area contributed by atoms with Crippen molar-refractivity contribution in [3.8, 4) is 0 Å². The minimum absolute atomic E-state index is 0.0392. The van der Waals surface area contributed by atoms with Gasteiger partial charge < -0.3 is 4.74 Å². The Morgan fingerprint density at radius 2 is 1.76 bits per heavy atom. The fourth-order valence-corrected chi connectivity index (χ4v) is 10.2. The Morgan fingerprint density at radius 1 is 1.06 bits per heavy atom. The van der Waals surface area contributed by atoms with Crippen LogP contribution in [-0.2, 0) is 9.53 Å². The predicted octanol–water partition coefficient (Wildman–Crippen LogP) is 8.45. The first-order valence-electron chi connectivity index (χ1n) is 14.1.